The van der Waals surface area contributed by atoms with Crippen molar-refractivity contribution in [1.29, 1.82) is 0 Å². The van der Waals surface area contributed by atoms with E-state index in [4.69, 9.17) is 14.2 Å². The Hall–Kier alpha value is -4.64. The highest BCUT2D eigenvalue weighted by atomic mass is 16.5. The molecule has 0 unspecified atom stereocenters. The molecule has 1 heterocycles. The van der Waals surface area contributed by atoms with Crippen molar-refractivity contribution in [3.05, 3.63) is 138 Å². The van der Waals surface area contributed by atoms with E-state index in [1.54, 1.807) is 0 Å². The van der Waals surface area contributed by atoms with Crippen LogP contribution in [0.1, 0.15) is 16.8 Å². The molecule has 0 saturated carbocycles. The van der Waals surface area contributed by atoms with Crippen molar-refractivity contribution in [1.82, 2.24) is 10.2 Å². The summed E-state index contributed by atoms with van der Waals surface area (Å²) in [6, 6.07) is 40.0. The molecule has 178 valence electrons. The Bertz CT molecular complexity index is 1360. The molecule has 0 fully saturated rings. The maximum atomic E-state index is 6.09. The average molecular weight is 475 g/mol. The predicted molar refractivity (Wildman–Crippen MR) is 140 cm³/mol. The molecule has 0 atom stereocenters. The summed E-state index contributed by atoms with van der Waals surface area (Å²) in [5, 5.41) is 8.60. The number of ether oxygens (including phenoxy) is 3. The Morgan fingerprint density at radius 2 is 1.03 bits per heavy atom. The Balaban J connectivity index is 1.27. The lowest BCUT2D eigenvalue weighted by Gasteiger charge is -2.13. The van der Waals surface area contributed by atoms with E-state index in [0.717, 1.165) is 22.4 Å². The summed E-state index contributed by atoms with van der Waals surface area (Å²) >= 11 is 0. The molecule has 0 N–H and O–H groups in total. The molecule has 0 spiro atoms. The van der Waals surface area contributed by atoms with Gasteiger partial charge in [-0.1, -0.05) is 103 Å². The van der Waals surface area contributed by atoms with E-state index in [2.05, 4.69) is 22.3 Å². The minimum atomic E-state index is 0.262. The van der Waals surface area contributed by atoms with Gasteiger partial charge in [-0.25, -0.2) is 0 Å². The Kier molecular flexibility index (Phi) is 7.49. The quantitative estimate of drug-likeness (QED) is 0.221. The highest BCUT2D eigenvalue weighted by Gasteiger charge is 2.12. The van der Waals surface area contributed by atoms with Gasteiger partial charge in [0.2, 0.25) is 0 Å². The first-order valence-corrected chi connectivity index (χ1v) is 11.8. The fourth-order valence-electron chi connectivity index (χ4n) is 3.67. The second-order valence-corrected chi connectivity index (χ2v) is 8.23. The maximum absolute atomic E-state index is 6.09. The van der Waals surface area contributed by atoms with Gasteiger partial charge in [0.05, 0.1) is 0 Å². The van der Waals surface area contributed by atoms with Gasteiger partial charge >= 0.3 is 0 Å². The molecule has 5 nitrogen and oxygen atoms in total. The van der Waals surface area contributed by atoms with Crippen molar-refractivity contribution in [2.45, 2.75) is 19.8 Å². The van der Waals surface area contributed by atoms with Crippen molar-refractivity contribution >= 4 is 0 Å². The van der Waals surface area contributed by atoms with E-state index >= 15 is 0 Å². The maximum Gasteiger partial charge on any atom is 0.276 e. The Labute approximate surface area is 211 Å². The van der Waals surface area contributed by atoms with E-state index in [1.165, 1.54) is 5.56 Å². The first-order chi connectivity index (χ1) is 17.8. The fourth-order valence-corrected chi connectivity index (χ4v) is 3.67. The van der Waals surface area contributed by atoms with Crippen molar-refractivity contribution in [2.75, 3.05) is 0 Å². The van der Waals surface area contributed by atoms with Crippen LogP contribution in [-0.4, -0.2) is 10.2 Å². The predicted octanol–water partition coefficient (Wildman–Crippen LogP) is 6.88. The van der Waals surface area contributed by atoms with Crippen LogP contribution in [0.15, 0.2) is 121 Å². The topological polar surface area (TPSA) is 53.5 Å². The summed E-state index contributed by atoms with van der Waals surface area (Å²) < 4.78 is 18.0. The van der Waals surface area contributed by atoms with Crippen LogP contribution in [0, 0.1) is 0 Å². The van der Waals surface area contributed by atoms with Crippen LogP contribution in [0.3, 0.4) is 0 Å². The molecule has 0 aliphatic heterocycles. The Morgan fingerprint density at radius 1 is 0.472 bits per heavy atom. The monoisotopic (exact) mass is 474 g/mol. The molecule has 0 radical (unpaired) electrons. The lowest BCUT2D eigenvalue weighted by atomic mass is 10.1. The summed E-state index contributed by atoms with van der Waals surface area (Å²) in [4.78, 5) is 0. The molecule has 36 heavy (non-hydrogen) atoms. The molecule has 5 rings (SSSR count). The molecule has 0 bridgehead atoms. The van der Waals surface area contributed by atoms with Crippen LogP contribution in [0.5, 0.6) is 17.4 Å². The lowest BCUT2D eigenvalue weighted by molar-refractivity contribution is 0.240. The third-order valence-corrected chi connectivity index (χ3v) is 5.58. The number of aromatic nitrogens is 2. The average Bonchev–Trinajstić information content (AvgIpc) is 2.96. The van der Waals surface area contributed by atoms with E-state index < -0.39 is 0 Å². The normalized spacial score (nSPS) is 10.6. The van der Waals surface area contributed by atoms with Crippen LogP contribution in [0.25, 0.3) is 11.1 Å². The van der Waals surface area contributed by atoms with E-state index in [0.29, 0.717) is 30.5 Å². The Morgan fingerprint density at radius 3 is 1.67 bits per heavy atom. The van der Waals surface area contributed by atoms with Crippen LogP contribution >= 0.6 is 0 Å². The number of nitrogens with zero attached hydrogens (tertiary/aromatic N) is 2. The van der Waals surface area contributed by atoms with Gasteiger partial charge in [-0.2, -0.15) is 0 Å². The molecule has 4 aromatic carbocycles. The summed E-state index contributed by atoms with van der Waals surface area (Å²) in [5.74, 6) is 1.64. The van der Waals surface area contributed by atoms with E-state index in [9.17, 15) is 0 Å². The van der Waals surface area contributed by atoms with Gasteiger partial charge in [0.15, 0.2) is 5.75 Å². The number of hydrogen-bond donors (Lipinski definition) is 0. The van der Waals surface area contributed by atoms with E-state index in [1.807, 2.05) is 109 Å². The van der Waals surface area contributed by atoms with Crippen molar-refractivity contribution in [3.63, 3.8) is 0 Å². The molecular weight excluding hydrogens is 448 g/mol. The van der Waals surface area contributed by atoms with Gasteiger partial charge in [-0.3, -0.25) is 0 Å². The lowest BCUT2D eigenvalue weighted by Crippen LogP contribution is -2.06. The number of rotatable bonds is 10. The molecular formula is C31H26N2O3. The molecule has 0 saturated heterocycles. The highest BCUT2D eigenvalue weighted by molar-refractivity contribution is 5.63. The van der Waals surface area contributed by atoms with Gasteiger partial charge in [0, 0.05) is 6.07 Å². The van der Waals surface area contributed by atoms with Gasteiger partial charge in [-0.15, -0.1) is 10.2 Å². The summed E-state index contributed by atoms with van der Waals surface area (Å²) in [6.07, 6.45) is 0. The van der Waals surface area contributed by atoms with Gasteiger partial charge in [0.25, 0.3) is 5.88 Å². The SMILES string of the molecule is c1ccc(COc2cc(COc3ccc(-c4ccccc4)cc3)nnc2OCc2ccccc2)cc1. The summed E-state index contributed by atoms with van der Waals surface area (Å²) in [6.45, 7) is 1.04. The summed E-state index contributed by atoms with van der Waals surface area (Å²) in [5.41, 5.74) is 5.05. The third kappa shape index (κ3) is 6.27. The van der Waals surface area contributed by atoms with Crippen LogP contribution < -0.4 is 14.2 Å². The molecule has 0 aliphatic rings. The van der Waals surface area contributed by atoms with Crippen LogP contribution in [-0.2, 0) is 19.8 Å². The van der Waals surface area contributed by atoms with Gasteiger partial charge < -0.3 is 14.2 Å². The standard InChI is InChI=1S/C31H26N2O3/c1-4-10-24(11-5-1)21-35-30-20-28(32-33-31(30)36-22-25-12-6-2-7-13-25)23-34-29-18-16-27(17-19-29)26-14-8-3-9-15-26/h1-20H,21-23H2. The zero-order chi connectivity index (χ0) is 24.4. The molecule has 1 aromatic heterocycles. The fraction of sp³-hybridized carbons (Fsp3) is 0.0968. The largest absolute Gasteiger partial charge is 0.487 e. The smallest absolute Gasteiger partial charge is 0.276 e. The summed E-state index contributed by atoms with van der Waals surface area (Å²) in [7, 11) is 0. The van der Waals surface area contributed by atoms with Crippen molar-refractivity contribution in [3.8, 4) is 28.5 Å². The number of benzene rings is 4. The molecule has 0 aliphatic carbocycles. The van der Waals surface area contributed by atoms with Gasteiger partial charge in [-0.05, 0) is 34.4 Å². The first kappa shape index (κ1) is 23.1. The molecule has 0 amide bonds. The minimum absolute atomic E-state index is 0.262. The van der Waals surface area contributed by atoms with Crippen molar-refractivity contribution in [2.24, 2.45) is 0 Å². The third-order valence-electron chi connectivity index (χ3n) is 5.58. The number of hydrogen-bond acceptors (Lipinski definition) is 5. The molecule has 5 aromatic rings. The highest BCUT2D eigenvalue weighted by Crippen LogP contribution is 2.27. The minimum Gasteiger partial charge on any atom is -0.487 e. The second kappa shape index (κ2) is 11.7. The molecule has 5 heteroatoms. The van der Waals surface area contributed by atoms with Gasteiger partial charge in [0.1, 0.15) is 31.3 Å². The zero-order valence-electron chi connectivity index (χ0n) is 19.8. The zero-order valence-corrected chi connectivity index (χ0v) is 19.8. The van der Waals surface area contributed by atoms with E-state index in [-0.39, 0.29) is 6.61 Å². The second-order valence-electron chi connectivity index (χ2n) is 8.23. The first-order valence-electron chi connectivity index (χ1n) is 11.8. The van der Waals surface area contributed by atoms with Crippen LogP contribution in [0.4, 0.5) is 0 Å². The van der Waals surface area contributed by atoms with Crippen molar-refractivity contribution < 1.29 is 14.2 Å². The van der Waals surface area contributed by atoms with Crippen LogP contribution in [0.2, 0.25) is 0 Å².